The highest BCUT2D eigenvalue weighted by molar-refractivity contribution is 5.98. The van der Waals surface area contributed by atoms with Gasteiger partial charge in [0.1, 0.15) is 0 Å². The van der Waals surface area contributed by atoms with E-state index in [9.17, 15) is 4.79 Å². The van der Waals surface area contributed by atoms with Gasteiger partial charge in [-0.3, -0.25) is 4.79 Å². The minimum atomic E-state index is 0.124. The third-order valence-corrected chi connectivity index (χ3v) is 3.28. The molecule has 3 nitrogen and oxygen atoms in total. The second-order valence-electron chi connectivity index (χ2n) is 4.32. The SMILES string of the molecule is CC.C\C=C/C=c1/c2c(n(C)/c1=C/C)CN(C)C2=O. The average molecular weight is 260 g/mol. The molecule has 19 heavy (non-hydrogen) atoms. The van der Waals surface area contributed by atoms with E-state index in [1.54, 1.807) is 4.90 Å². The van der Waals surface area contributed by atoms with E-state index in [1.165, 1.54) is 0 Å². The molecule has 0 spiro atoms. The molecule has 3 heteroatoms. The van der Waals surface area contributed by atoms with Gasteiger partial charge in [-0.15, -0.1) is 0 Å². The van der Waals surface area contributed by atoms with E-state index in [4.69, 9.17) is 0 Å². The highest BCUT2D eigenvalue weighted by atomic mass is 16.2. The number of hydrogen-bond acceptors (Lipinski definition) is 1. The van der Waals surface area contributed by atoms with Gasteiger partial charge in [0.2, 0.25) is 0 Å². The molecular formula is C16H24N2O. The Hall–Kier alpha value is -1.77. The summed E-state index contributed by atoms with van der Waals surface area (Å²) >= 11 is 0. The van der Waals surface area contributed by atoms with Gasteiger partial charge in [-0.1, -0.05) is 38.2 Å². The Morgan fingerprint density at radius 1 is 1.16 bits per heavy atom. The minimum Gasteiger partial charge on any atom is -0.346 e. The first kappa shape index (κ1) is 15.3. The molecule has 0 radical (unpaired) electrons. The third kappa shape index (κ3) is 2.50. The molecule has 0 atom stereocenters. The standard InChI is InChI=1S/C14H18N2O.C2H6/c1-5-7-8-10-11(6-2)16(4)12-9-15(3)14(17)13(10)12;1-2/h5-8H,9H2,1-4H3;1-2H3/b7-5-,10-8+,11-6+;. The Morgan fingerprint density at radius 3 is 2.32 bits per heavy atom. The van der Waals surface area contributed by atoms with Crippen LogP contribution in [0.4, 0.5) is 0 Å². The van der Waals surface area contributed by atoms with Gasteiger partial charge in [0, 0.05) is 24.7 Å². The lowest BCUT2D eigenvalue weighted by molar-refractivity contribution is 0.0814. The molecular weight excluding hydrogens is 236 g/mol. The van der Waals surface area contributed by atoms with Gasteiger partial charge in [-0.2, -0.15) is 0 Å². The molecule has 0 saturated carbocycles. The first-order valence-corrected chi connectivity index (χ1v) is 6.84. The van der Waals surface area contributed by atoms with Crippen molar-refractivity contribution in [3.63, 3.8) is 0 Å². The second-order valence-corrected chi connectivity index (χ2v) is 4.32. The summed E-state index contributed by atoms with van der Waals surface area (Å²) in [6.07, 6.45) is 8.03. The van der Waals surface area contributed by atoms with Crippen molar-refractivity contribution in [3.8, 4) is 0 Å². The maximum Gasteiger partial charge on any atom is 0.256 e. The molecule has 0 aliphatic carbocycles. The molecule has 1 aliphatic rings. The van der Waals surface area contributed by atoms with Crippen molar-refractivity contribution in [3.05, 3.63) is 34.0 Å². The monoisotopic (exact) mass is 260 g/mol. The van der Waals surface area contributed by atoms with Crippen LogP contribution in [0.15, 0.2) is 12.2 Å². The molecule has 1 aromatic heterocycles. The van der Waals surface area contributed by atoms with Crippen LogP contribution in [0.1, 0.15) is 43.7 Å². The van der Waals surface area contributed by atoms with Crippen LogP contribution in [-0.4, -0.2) is 22.4 Å². The zero-order valence-electron chi connectivity index (χ0n) is 12.8. The Kier molecular flexibility index (Phi) is 5.16. The van der Waals surface area contributed by atoms with Crippen molar-refractivity contribution in [1.29, 1.82) is 0 Å². The van der Waals surface area contributed by atoms with Crippen molar-refractivity contribution in [2.45, 2.75) is 34.2 Å². The van der Waals surface area contributed by atoms with Gasteiger partial charge in [0.25, 0.3) is 5.91 Å². The van der Waals surface area contributed by atoms with Gasteiger partial charge in [0.05, 0.1) is 17.8 Å². The first-order valence-electron chi connectivity index (χ1n) is 6.84. The molecule has 1 aliphatic heterocycles. The topological polar surface area (TPSA) is 25.2 Å². The summed E-state index contributed by atoms with van der Waals surface area (Å²) < 4.78 is 2.12. The fraction of sp³-hybridized carbons (Fsp3) is 0.438. The van der Waals surface area contributed by atoms with E-state index >= 15 is 0 Å². The van der Waals surface area contributed by atoms with Gasteiger partial charge >= 0.3 is 0 Å². The number of hydrogen-bond donors (Lipinski definition) is 0. The van der Waals surface area contributed by atoms with E-state index < -0.39 is 0 Å². The Bertz CT molecular complexity index is 606. The lowest BCUT2D eigenvalue weighted by atomic mass is 10.2. The number of amides is 1. The molecule has 0 bridgehead atoms. The maximum absolute atomic E-state index is 12.1. The predicted octanol–water partition coefficient (Wildman–Crippen LogP) is 1.79. The largest absolute Gasteiger partial charge is 0.346 e. The van der Waals surface area contributed by atoms with Crippen molar-refractivity contribution in [1.82, 2.24) is 9.47 Å². The zero-order valence-corrected chi connectivity index (χ0v) is 12.8. The van der Waals surface area contributed by atoms with Crippen molar-refractivity contribution in [2.24, 2.45) is 7.05 Å². The van der Waals surface area contributed by atoms with E-state index in [2.05, 4.69) is 10.6 Å². The van der Waals surface area contributed by atoms with Crippen LogP contribution in [0.3, 0.4) is 0 Å². The normalized spacial score (nSPS) is 16.1. The summed E-state index contributed by atoms with van der Waals surface area (Å²) in [7, 11) is 3.87. The van der Waals surface area contributed by atoms with E-state index in [0.717, 1.165) is 21.8 Å². The van der Waals surface area contributed by atoms with Crippen LogP contribution in [0.2, 0.25) is 0 Å². The average Bonchev–Trinajstić information content (AvgIpc) is 2.86. The number of rotatable bonds is 1. The summed E-state index contributed by atoms with van der Waals surface area (Å²) in [6.45, 7) is 8.68. The molecule has 0 N–H and O–H groups in total. The summed E-state index contributed by atoms with van der Waals surface area (Å²) in [6, 6.07) is 0. The van der Waals surface area contributed by atoms with Crippen molar-refractivity contribution >= 4 is 18.1 Å². The Morgan fingerprint density at radius 2 is 1.79 bits per heavy atom. The maximum atomic E-state index is 12.1. The van der Waals surface area contributed by atoms with Crippen molar-refractivity contribution in [2.75, 3.05) is 7.05 Å². The molecule has 2 heterocycles. The summed E-state index contributed by atoms with van der Waals surface area (Å²) in [5, 5.41) is 2.16. The van der Waals surface area contributed by atoms with Crippen LogP contribution in [0, 0.1) is 0 Å². The summed E-state index contributed by atoms with van der Waals surface area (Å²) in [5.74, 6) is 0.124. The number of fused-ring (bicyclic) bond motifs is 1. The fourth-order valence-corrected chi connectivity index (χ4v) is 2.40. The Balaban J connectivity index is 0.000000861. The van der Waals surface area contributed by atoms with Crippen LogP contribution in [0.25, 0.3) is 12.2 Å². The highest BCUT2D eigenvalue weighted by Gasteiger charge is 2.29. The number of carbonyl (C=O) groups excluding carboxylic acids is 1. The quantitative estimate of drug-likeness (QED) is 0.756. The molecule has 0 fully saturated rings. The van der Waals surface area contributed by atoms with E-state index in [1.807, 2.05) is 60.0 Å². The molecule has 0 saturated heterocycles. The van der Waals surface area contributed by atoms with Crippen LogP contribution in [0.5, 0.6) is 0 Å². The third-order valence-electron chi connectivity index (χ3n) is 3.28. The number of allylic oxidation sites excluding steroid dienone is 2. The highest BCUT2D eigenvalue weighted by Crippen LogP contribution is 2.16. The lowest BCUT2D eigenvalue weighted by Crippen LogP contribution is -2.33. The van der Waals surface area contributed by atoms with Gasteiger partial charge in [0.15, 0.2) is 0 Å². The molecule has 0 unspecified atom stereocenters. The fourth-order valence-electron chi connectivity index (χ4n) is 2.40. The number of aromatic nitrogens is 1. The predicted molar refractivity (Wildman–Crippen MR) is 81.2 cm³/mol. The minimum absolute atomic E-state index is 0.124. The second kappa shape index (κ2) is 6.41. The lowest BCUT2D eigenvalue weighted by Gasteiger charge is -2.07. The first-order chi connectivity index (χ1) is 9.11. The molecule has 2 rings (SSSR count). The smallest absolute Gasteiger partial charge is 0.256 e. The van der Waals surface area contributed by atoms with Crippen LogP contribution >= 0.6 is 0 Å². The van der Waals surface area contributed by atoms with E-state index in [-0.39, 0.29) is 5.91 Å². The summed E-state index contributed by atoms with van der Waals surface area (Å²) in [4.78, 5) is 13.9. The molecule has 1 amide bonds. The molecule has 104 valence electrons. The van der Waals surface area contributed by atoms with Crippen LogP contribution in [-0.2, 0) is 13.6 Å². The van der Waals surface area contributed by atoms with Crippen molar-refractivity contribution < 1.29 is 4.79 Å². The molecule has 1 aromatic rings. The van der Waals surface area contributed by atoms with Gasteiger partial charge in [-0.05, 0) is 13.8 Å². The van der Waals surface area contributed by atoms with Gasteiger partial charge in [-0.25, -0.2) is 0 Å². The van der Waals surface area contributed by atoms with Crippen LogP contribution < -0.4 is 10.6 Å². The Labute approximate surface area is 115 Å². The molecule has 0 aromatic carbocycles. The van der Waals surface area contributed by atoms with Gasteiger partial charge < -0.3 is 9.47 Å². The summed E-state index contributed by atoms with van der Waals surface area (Å²) in [5.41, 5.74) is 1.97. The van der Waals surface area contributed by atoms with E-state index in [0.29, 0.717) is 6.54 Å². The number of carbonyl (C=O) groups is 1. The number of nitrogens with zero attached hydrogens (tertiary/aromatic N) is 2. The zero-order chi connectivity index (χ0) is 14.6.